The Morgan fingerprint density at radius 2 is 1.48 bits per heavy atom. The van der Waals surface area contributed by atoms with Crippen molar-refractivity contribution in [3.63, 3.8) is 0 Å². The van der Waals surface area contributed by atoms with Crippen LogP contribution in [0.4, 0.5) is 0 Å². The van der Waals surface area contributed by atoms with Crippen LogP contribution in [0.25, 0.3) is 0 Å². The molecule has 0 aromatic heterocycles. The van der Waals surface area contributed by atoms with Crippen molar-refractivity contribution in [2.24, 2.45) is 22.7 Å². The molecule has 1 aliphatic heterocycles. The quantitative estimate of drug-likeness (QED) is 0.536. The lowest BCUT2D eigenvalue weighted by atomic mass is 9.74. The van der Waals surface area contributed by atoms with Gasteiger partial charge in [0.1, 0.15) is 17.9 Å². The van der Waals surface area contributed by atoms with Gasteiger partial charge in [0.2, 0.25) is 6.10 Å². The average molecular weight is 322 g/mol. The number of aliphatic hydroxyl groups excluding tert-OH is 1. The summed E-state index contributed by atoms with van der Waals surface area (Å²) in [6.07, 6.45) is 12.8. The molecule has 2 fully saturated rings. The minimum absolute atomic E-state index is 0.0613. The second kappa shape index (κ2) is 7.19. The molecule has 0 amide bonds. The summed E-state index contributed by atoms with van der Waals surface area (Å²) in [6.45, 7) is 13.6. The van der Waals surface area contributed by atoms with Crippen LogP contribution in [0.3, 0.4) is 0 Å². The summed E-state index contributed by atoms with van der Waals surface area (Å²) in [4.78, 5) is 0. The van der Waals surface area contributed by atoms with E-state index in [1.165, 1.54) is 6.10 Å². The average Bonchev–Trinajstić information content (AvgIpc) is 2.44. The van der Waals surface area contributed by atoms with Crippen LogP contribution >= 0.6 is 0 Å². The maximum atomic E-state index is 9.65. The van der Waals surface area contributed by atoms with Gasteiger partial charge in [-0.2, -0.15) is 4.74 Å². The second-order valence-corrected chi connectivity index (χ2v) is 9.80. The molecule has 1 saturated carbocycles. The van der Waals surface area contributed by atoms with E-state index >= 15 is 0 Å². The van der Waals surface area contributed by atoms with Gasteiger partial charge in [-0.05, 0) is 64.2 Å². The van der Waals surface area contributed by atoms with Gasteiger partial charge in [0.25, 0.3) is 0 Å². The van der Waals surface area contributed by atoms with Crippen LogP contribution in [0.1, 0.15) is 80.1 Å². The first-order valence-corrected chi connectivity index (χ1v) is 9.45. The molecule has 1 aliphatic carbocycles. The van der Waals surface area contributed by atoms with E-state index in [1.807, 2.05) is 0 Å². The molecule has 0 radical (unpaired) electrons. The van der Waals surface area contributed by atoms with Gasteiger partial charge in [-0.25, -0.2) is 0 Å². The van der Waals surface area contributed by atoms with Crippen molar-refractivity contribution in [3.8, 4) is 0 Å². The molecule has 0 bridgehead atoms. The Labute approximate surface area is 143 Å². The Bertz CT molecular complexity index is 369. The molecule has 2 atom stereocenters. The van der Waals surface area contributed by atoms with Crippen molar-refractivity contribution < 1.29 is 9.84 Å². The van der Waals surface area contributed by atoms with Crippen LogP contribution in [-0.2, 0) is 4.74 Å². The Kier molecular flexibility index (Phi) is 5.90. The summed E-state index contributed by atoms with van der Waals surface area (Å²) < 4.78 is 6.40. The zero-order chi connectivity index (χ0) is 17.3. The lowest BCUT2D eigenvalue weighted by Gasteiger charge is -2.37. The van der Waals surface area contributed by atoms with E-state index in [1.54, 1.807) is 0 Å². The van der Waals surface area contributed by atoms with Gasteiger partial charge >= 0.3 is 0 Å². The monoisotopic (exact) mass is 321 g/mol. The Morgan fingerprint density at radius 3 is 2.00 bits per heavy atom. The molecule has 1 saturated heterocycles. The molecule has 23 heavy (non-hydrogen) atoms. The highest BCUT2D eigenvalue weighted by Crippen LogP contribution is 2.45. The molecule has 2 nitrogen and oxygen atoms in total. The largest absolute Gasteiger partial charge is 0.393 e. The van der Waals surface area contributed by atoms with Crippen LogP contribution in [0.15, 0.2) is 12.2 Å². The topological polar surface area (TPSA) is 29.5 Å². The maximum absolute atomic E-state index is 9.65. The van der Waals surface area contributed by atoms with Gasteiger partial charge in [-0.1, -0.05) is 32.9 Å². The van der Waals surface area contributed by atoms with E-state index in [9.17, 15) is 5.11 Å². The first-order valence-electron chi connectivity index (χ1n) is 9.45. The smallest absolute Gasteiger partial charge is 0.247 e. The van der Waals surface area contributed by atoms with Crippen LogP contribution in [-0.4, -0.2) is 17.3 Å². The molecule has 1 heterocycles. The number of allylic oxidation sites excluding steroid dienone is 2. The van der Waals surface area contributed by atoms with Gasteiger partial charge in [-0.3, -0.25) is 0 Å². The molecule has 2 heteroatoms. The van der Waals surface area contributed by atoms with Crippen molar-refractivity contribution in [2.45, 2.75) is 92.3 Å². The fraction of sp³-hybridized carbons (Fsp3) is 0.857. The van der Waals surface area contributed by atoms with E-state index in [2.05, 4.69) is 53.7 Å². The summed E-state index contributed by atoms with van der Waals surface area (Å²) in [6, 6.07) is 0. The minimum Gasteiger partial charge on any atom is -0.393 e. The second-order valence-electron chi connectivity index (χ2n) is 9.80. The summed E-state index contributed by atoms with van der Waals surface area (Å²) in [5, 5.41) is 9.65. The van der Waals surface area contributed by atoms with E-state index in [4.69, 9.17) is 4.74 Å². The lowest BCUT2D eigenvalue weighted by Crippen LogP contribution is -2.40. The lowest BCUT2D eigenvalue weighted by molar-refractivity contribution is -0.0835. The number of rotatable bonds is 2. The van der Waals surface area contributed by atoms with E-state index in [0.29, 0.717) is 17.9 Å². The van der Waals surface area contributed by atoms with Crippen molar-refractivity contribution in [2.75, 3.05) is 0 Å². The zero-order valence-corrected chi connectivity index (χ0v) is 16.1. The summed E-state index contributed by atoms with van der Waals surface area (Å²) in [5.41, 5.74) is 0.295. The highest BCUT2D eigenvalue weighted by molar-refractivity contribution is 5.06. The Hall–Kier alpha value is -0.470. The molecule has 0 spiro atoms. The van der Waals surface area contributed by atoms with Gasteiger partial charge in [0, 0.05) is 5.92 Å². The molecule has 2 aliphatic rings. The number of ether oxygens (including phenoxy) is 1. The summed E-state index contributed by atoms with van der Waals surface area (Å²) in [5.74, 6) is 1.25. The van der Waals surface area contributed by atoms with Gasteiger partial charge in [0.05, 0.1) is 6.10 Å². The summed E-state index contributed by atoms with van der Waals surface area (Å²) >= 11 is 0. The Morgan fingerprint density at radius 1 is 0.913 bits per heavy atom. The number of aliphatic hydroxyl groups is 1. The SMILES string of the molecule is CC(C)(C)[C+]1CC(/C=C/C2CCC(O)CC2)CC(C(C)(C)C)O1. The summed E-state index contributed by atoms with van der Waals surface area (Å²) in [7, 11) is 0. The van der Waals surface area contributed by atoms with Crippen LogP contribution in [0, 0.1) is 28.8 Å². The van der Waals surface area contributed by atoms with Crippen molar-refractivity contribution >= 4 is 0 Å². The zero-order valence-electron chi connectivity index (χ0n) is 16.1. The molecular weight excluding hydrogens is 284 g/mol. The molecule has 0 aromatic carbocycles. The molecule has 0 aromatic rings. The van der Waals surface area contributed by atoms with E-state index in [0.717, 1.165) is 38.5 Å². The normalized spacial score (nSPS) is 34.1. The van der Waals surface area contributed by atoms with Crippen molar-refractivity contribution in [1.82, 2.24) is 0 Å². The standard InChI is InChI=1S/C21H37O2/c1-20(2,3)18-13-16(14-19(23-18)21(4,5)6)8-7-15-9-11-17(22)12-10-15/h7-8,15-18,22H,9-14H2,1-6H3/q+1/b8-7+. The predicted molar refractivity (Wildman–Crippen MR) is 96.9 cm³/mol. The maximum Gasteiger partial charge on any atom is 0.247 e. The molecule has 132 valence electrons. The van der Waals surface area contributed by atoms with Gasteiger partial charge < -0.3 is 5.11 Å². The van der Waals surface area contributed by atoms with Crippen LogP contribution in [0.2, 0.25) is 0 Å². The van der Waals surface area contributed by atoms with Gasteiger partial charge in [0.15, 0.2) is 0 Å². The molecule has 2 unspecified atom stereocenters. The minimum atomic E-state index is -0.0613. The third-order valence-electron chi connectivity index (χ3n) is 5.45. The first-order chi connectivity index (χ1) is 10.6. The van der Waals surface area contributed by atoms with E-state index < -0.39 is 0 Å². The van der Waals surface area contributed by atoms with Crippen molar-refractivity contribution in [1.29, 1.82) is 0 Å². The molecule has 1 N–H and O–H groups in total. The van der Waals surface area contributed by atoms with Crippen LogP contribution in [0.5, 0.6) is 0 Å². The van der Waals surface area contributed by atoms with Gasteiger partial charge in [-0.15, -0.1) is 0 Å². The fourth-order valence-electron chi connectivity index (χ4n) is 3.63. The third-order valence-corrected chi connectivity index (χ3v) is 5.45. The first kappa shape index (κ1) is 18.9. The molecule has 2 rings (SSSR count). The Balaban J connectivity index is 2.01. The fourth-order valence-corrected chi connectivity index (χ4v) is 3.63. The van der Waals surface area contributed by atoms with E-state index in [-0.39, 0.29) is 16.9 Å². The van der Waals surface area contributed by atoms with Crippen molar-refractivity contribution in [3.05, 3.63) is 18.3 Å². The van der Waals surface area contributed by atoms with Crippen LogP contribution < -0.4 is 0 Å². The molecular formula is C21H37O2+. The number of hydrogen-bond donors (Lipinski definition) is 1. The third kappa shape index (κ3) is 5.53. The number of hydrogen-bond acceptors (Lipinski definition) is 2. The highest BCUT2D eigenvalue weighted by Gasteiger charge is 2.49. The highest BCUT2D eigenvalue weighted by atomic mass is 16.5. The predicted octanol–water partition coefficient (Wildman–Crippen LogP) is 5.51.